The normalized spacial score (nSPS) is 17.6. The highest BCUT2D eigenvalue weighted by atomic mass is 19.4. The van der Waals surface area contributed by atoms with Gasteiger partial charge in [-0.15, -0.1) is 0 Å². The predicted octanol–water partition coefficient (Wildman–Crippen LogP) is 3.33. The van der Waals surface area contributed by atoms with Crippen molar-refractivity contribution >= 4 is 30.8 Å². The van der Waals surface area contributed by atoms with Gasteiger partial charge in [-0.3, -0.25) is 33.8 Å². The molecular formula is C31H48F3N7O5. The van der Waals surface area contributed by atoms with E-state index in [4.69, 9.17) is 10.8 Å². The van der Waals surface area contributed by atoms with Crippen LogP contribution in [0.1, 0.15) is 90.2 Å². The fourth-order valence-corrected chi connectivity index (χ4v) is 5.07. The molecule has 46 heavy (non-hydrogen) atoms. The highest BCUT2D eigenvalue weighted by molar-refractivity contribution is 5.98. The predicted molar refractivity (Wildman–Crippen MR) is 166 cm³/mol. The van der Waals surface area contributed by atoms with Gasteiger partial charge in [0.1, 0.15) is 17.8 Å². The first-order valence-corrected chi connectivity index (χ1v) is 15.4. The number of nitrogens with one attached hydrogen (secondary N) is 2. The number of aliphatic hydroxyl groups is 1. The molecule has 2 fully saturated rings. The summed E-state index contributed by atoms with van der Waals surface area (Å²) in [6.07, 6.45) is 2.15. The molecule has 12 nitrogen and oxygen atoms in total. The number of halogens is 3. The minimum atomic E-state index is -4.79. The molecule has 2 aliphatic rings. The van der Waals surface area contributed by atoms with Crippen molar-refractivity contribution in [3.05, 3.63) is 29.9 Å². The number of hydrogen-bond donors (Lipinski definition) is 4. The largest absolute Gasteiger partial charge is 0.409 e. The van der Waals surface area contributed by atoms with Crippen molar-refractivity contribution in [2.75, 3.05) is 6.54 Å². The minimum Gasteiger partial charge on any atom is -0.403 e. The number of nitrogens with two attached hydrogens (primary N) is 1. The van der Waals surface area contributed by atoms with E-state index in [1.54, 1.807) is 31.5 Å². The summed E-state index contributed by atoms with van der Waals surface area (Å²) in [5, 5.41) is 18.4. The summed E-state index contributed by atoms with van der Waals surface area (Å²) < 4.78 is 41.6. The number of carbonyl (C=O) groups excluding carboxylic acids is 4. The summed E-state index contributed by atoms with van der Waals surface area (Å²) in [7, 11) is 0. The van der Waals surface area contributed by atoms with Crippen LogP contribution in [-0.2, 0) is 14.4 Å². The number of aliphatic imine (C=N–C) groups is 1. The average Bonchev–Trinajstić information content (AvgIpc) is 3.89. The van der Waals surface area contributed by atoms with Crippen molar-refractivity contribution in [2.45, 2.75) is 104 Å². The molecule has 2 aliphatic carbocycles. The maximum Gasteiger partial charge on any atom is 0.409 e. The molecule has 1 heterocycles. The molecule has 3 rings (SSSR count). The van der Waals surface area contributed by atoms with E-state index in [-0.39, 0.29) is 41.9 Å². The summed E-state index contributed by atoms with van der Waals surface area (Å²) in [5.74, 6) is -0.925. The van der Waals surface area contributed by atoms with E-state index in [0.29, 0.717) is 17.5 Å². The Labute approximate surface area is 268 Å². The third-order valence-corrected chi connectivity index (χ3v) is 7.38. The highest BCUT2D eigenvalue weighted by Crippen LogP contribution is 2.50. The van der Waals surface area contributed by atoms with Crippen LogP contribution in [0.25, 0.3) is 0 Å². The van der Waals surface area contributed by atoms with Crippen LogP contribution in [0.5, 0.6) is 0 Å². The maximum atomic E-state index is 13.5. The zero-order valence-corrected chi connectivity index (χ0v) is 27.3. The van der Waals surface area contributed by atoms with Crippen molar-refractivity contribution in [2.24, 2.45) is 34.4 Å². The smallest absolute Gasteiger partial charge is 0.403 e. The van der Waals surface area contributed by atoms with Gasteiger partial charge in [-0.25, -0.2) is 0 Å². The summed E-state index contributed by atoms with van der Waals surface area (Å²) >= 11 is 0. The number of amides is 4. The van der Waals surface area contributed by atoms with Gasteiger partial charge in [-0.2, -0.15) is 18.3 Å². The first-order valence-electron chi connectivity index (χ1n) is 15.4. The average molecular weight is 656 g/mol. The van der Waals surface area contributed by atoms with Crippen molar-refractivity contribution in [1.82, 2.24) is 25.3 Å². The van der Waals surface area contributed by atoms with Gasteiger partial charge >= 0.3 is 6.18 Å². The van der Waals surface area contributed by atoms with Crippen LogP contribution in [0.15, 0.2) is 29.2 Å². The van der Waals surface area contributed by atoms with E-state index in [2.05, 4.69) is 20.7 Å². The fraction of sp³-hybridized carbons (Fsp3) is 0.677. The first-order chi connectivity index (χ1) is 21.4. The zero-order chi connectivity index (χ0) is 34.8. The van der Waals surface area contributed by atoms with Crippen LogP contribution >= 0.6 is 0 Å². The summed E-state index contributed by atoms with van der Waals surface area (Å²) in [4.78, 5) is 52.7. The van der Waals surface area contributed by atoms with Crippen LogP contribution < -0.4 is 16.4 Å². The van der Waals surface area contributed by atoms with Gasteiger partial charge in [0.05, 0.1) is 11.3 Å². The first kappa shape index (κ1) is 38.4. The number of imide groups is 1. The van der Waals surface area contributed by atoms with E-state index < -0.39 is 48.0 Å². The van der Waals surface area contributed by atoms with Crippen molar-refractivity contribution in [1.29, 1.82) is 0 Å². The van der Waals surface area contributed by atoms with E-state index in [1.165, 1.54) is 19.3 Å². The number of nitrogens with zero attached hydrogens (tertiary/aromatic N) is 4. The van der Waals surface area contributed by atoms with E-state index >= 15 is 0 Å². The maximum absolute atomic E-state index is 13.5. The molecule has 0 spiro atoms. The second-order valence-electron chi connectivity index (χ2n) is 13.3. The number of alkyl halides is 3. The molecule has 0 radical (unpaired) electrons. The molecular weight excluding hydrogens is 607 g/mol. The lowest BCUT2D eigenvalue weighted by Crippen LogP contribution is -2.52. The van der Waals surface area contributed by atoms with Gasteiger partial charge in [0, 0.05) is 31.2 Å². The molecule has 4 amide bonds. The van der Waals surface area contributed by atoms with Gasteiger partial charge in [0.25, 0.3) is 5.91 Å². The molecule has 3 unspecified atom stereocenters. The molecule has 258 valence electrons. The van der Waals surface area contributed by atoms with Crippen LogP contribution in [0.2, 0.25) is 0 Å². The van der Waals surface area contributed by atoms with Crippen LogP contribution in [0.3, 0.4) is 0 Å². The second kappa shape index (κ2) is 16.7. The topological polar surface area (TPSA) is 172 Å². The Morgan fingerprint density at radius 1 is 1.13 bits per heavy atom. The number of carbonyl (C=O) groups is 4. The second-order valence-corrected chi connectivity index (χ2v) is 13.3. The van der Waals surface area contributed by atoms with Gasteiger partial charge < -0.3 is 21.5 Å². The SMILES string of the molecule is CC(C)(C)O.CC(CN=C/C(=C\N)NC(=O)C(NC(=O)c1ccnn1C(C)C)C(C1CC1)C1CC1)CC(N(C=O)C=O)C(F)(F)F. The van der Waals surface area contributed by atoms with Gasteiger partial charge in [0.2, 0.25) is 18.7 Å². The molecule has 2 saturated carbocycles. The quantitative estimate of drug-likeness (QED) is 0.156. The third-order valence-electron chi connectivity index (χ3n) is 7.38. The number of hydrogen-bond acceptors (Lipinski definition) is 8. The van der Waals surface area contributed by atoms with Crippen molar-refractivity contribution in [3.63, 3.8) is 0 Å². The fourth-order valence-electron chi connectivity index (χ4n) is 5.07. The molecule has 15 heteroatoms. The lowest BCUT2D eigenvalue weighted by atomic mass is 9.88. The Bertz CT molecular complexity index is 1210. The Hall–Kier alpha value is -3.75. The summed E-state index contributed by atoms with van der Waals surface area (Å²) in [6.45, 7) is 10.4. The Morgan fingerprint density at radius 2 is 1.67 bits per heavy atom. The lowest BCUT2D eigenvalue weighted by Gasteiger charge is -2.28. The van der Waals surface area contributed by atoms with Gasteiger partial charge in [0.15, 0.2) is 0 Å². The van der Waals surface area contributed by atoms with Crippen molar-refractivity contribution < 1.29 is 37.5 Å². The van der Waals surface area contributed by atoms with Crippen LogP contribution in [0, 0.1) is 23.7 Å². The molecule has 0 aliphatic heterocycles. The molecule has 1 aromatic heterocycles. The van der Waals surface area contributed by atoms with E-state index in [0.717, 1.165) is 31.9 Å². The zero-order valence-electron chi connectivity index (χ0n) is 27.3. The van der Waals surface area contributed by atoms with Crippen molar-refractivity contribution in [3.8, 4) is 0 Å². The Morgan fingerprint density at radius 3 is 2.11 bits per heavy atom. The molecule has 0 bridgehead atoms. The van der Waals surface area contributed by atoms with Crippen LogP contribution in [0.4, 0.5) is 13.2 Å². The monoisotopic (exact) mass is 655 g/mol. The number of allylic oxidation sites excluding steroid dienone is 1. The standard InChI is InChI=1S/C27H38F3N7O4.C4H10O/c1-16(2)37-21(8-9-33-37)25(40)35-24(23(18-4-5-18)19-6-7-19)26(41)34-20(11-31)13-32-12-17(3)10-22(27(28,29)30)36(14-38)15-39;1-4(2,3)5/h8-9,11,13-19,22-24H,4-7,10,12,31H2,1-3H3,(H,34,41)(H,35,40);5H,1-3H3/b20-11+,32-13?;. The van der Waals surface area contributed by atoms with Crippen LogP contribution in [-0.4, -0.2) is 81.0 Å². The molecule has 1 aromatic rings. The minimum absolute atomic E-state index is 0.0387. The summed E-state index contributed by atoms with van der Waals surface area (Å²) in [5.41, 5.74) is 5.66. The highest BCUT2D eigenvalue weighted by Gasteiger charge is 2.48. The Kier molecular flexibility index (Phi) is 14.0. The molecule has 3 atom stereocenters. The van der Waals surface area contributed by atoms with Gasteiger partial charge in [-0.05, 0) is 96.5 Å². The molecule has 5 N–H and O–H groups in total. The Balaban J connectivity index is 0.00000136. The molecule has 0 aromatic carbocycles. The van der Waals surface area contributed by atoms with E-state index in [9.17, 15) is 32.3 Å². The van der Waals surface area contributed by atoms with Gasteiger partial charge in [-0.1, -0.05) is 6.92 Å². The molecule has 0 saturated heterocycles. The lowest BCUT2D eigenvalue weighted by molar-refractivity contribution is -0.188. The van der Waals surface area contributed by atoms with E-state index in [1.807, 2.05) is 13.8 Å². The number of aromatic nitrogens is 2. The summed E-state index contributed by atoms with van der Waals surface area (Å²) in [6, 6.07) is -1.56. The third kappa shape index (κ3) is 12.6. The number of rotatable bonds is 16.